The van der Waals surface area contributed by atoms with Crippen LogP contribution in [0.25, 0.3) is 89.7 Å². The standard InChI is InChI=1S/C96H146F8N16/c1-9-17-25-33-41-49-57-105-67-65-66-68(84(107-59-51-43-35-27-19-11-3)83(67)106-58-50-42-34-26-18-10-2)90-113-89(66)114-91-69-70(76(98)80(102)79(101)75(69)97)92(115-91)116-93-71-72(78(100)82(104)81(103)77(71)99)94(117-93)119-96-74-73(95(118-90)120(96)112-64-56-48-40-32-24-16-8)85(108-60-52-44-36-28-20-12-4)87(110-62-54-46-38-30-22-14-6)88(111-63-55-47-39-31-23-15-7)86(74)109-61-53-45-37-29-21-13-5/h65,105-112H,9-64H2,1-8H3,(H,113,114,115,116,117,118,119). The van der Waals surface area contributed by atoms with E-state index in [1.807, 2.05) is 6.07 Å². The molecule has 9 rings (SSSR count). The molecule has 0 saturated carbocycles. The van der Waals surface area contributed by atoms with Crippen LogP contribution in [0, 0.1) is 46.5 Å². The number of fused-ring (bicyclic) bond motifs is 20. The molecule has 0 radical (unpaired) electrons. The average Bonchev–Trinajstić information content (AvgIpc) is 1.55. The van der Waals surface area contributed by atoms with Gasteiger partial charge in [-0.1, -0.05) is 312 Å². The van der Waals surface area contributed by atoms with Crippen molar-refractivity contribution in [1.29, 1.82) is 0 Å². The Morgan fingerprint density at radius 3 is 0.867 bits per heavy atom. The van der Waals surface area contributed by atoms with E-state index < -0.39 is 91.4 Å². The van der Waals surface area contributed by atoms with Crippen LogP contribution in [0.3, 0.4) is 0 Å². The molecule has 4 aromatic carbocycles. The third kappa shape index (κ3) is 26.1. The summed E-state index contributed by atoms with van der Waals surface area (Å²) < 4.78 is 137. The van der Waals surface area contributed by atoms with Crippen molar-refractivity contribution in [3.05, 3.63) is 52.6 Å². The van der Waals surface area contributed by atoms with E-state index in [1.165, 1.54) is 0 Å². The van der Waals surface area contributed by atoms with Crippen LogP contribution in [0.2, 0.25) is 0 Å². The highest BCUT2D eigenvalue weighted by Crippen LogP contribution is 2.53. The first-order valence-electron chi connectivity index (χ1n) is 47.7. The Morgan fingerprint density at radius 2 is 0.508 bits per heavy atom. The highest BCUT2D eigenvalue weighted by atomic mass is 19.2. The lowest BCUT2D eigenvalue weighted by Gasteiger charge is -2.24. The van der Waals surface area contributed by atoms with Gasteiger partial charge in [0.1, 0.15) is 11.3 Å². The van der Waals surface area contributed by atoms with E-state index in [1.54, 1.807) is 4.68 Å². The van der Waals surface area contributed by atoms with Crippen LogP contribution in [-0.2, 0) is 0 Å². The molecule has 0 spiro atoms. The number of benzene rings is 4. The molecule has 3 aromatic heterocycles. The van der Waals surface area contributed by atoms with Gasteiger partial charge in [-0.3, -0.25) is 0 Å². The Balaban J connectivity index is 1.55. The summed E-state index contributed by atoms with van der Waals surface area (Å²) in [7, 11) is 0. The number of nitrogens with one attached hydrogen (secondary N) is 9. The Labute approximate surface area is 711 Å². The van der Waals surface area contributed by atoms with Crippen molar-refractivity contribution >= 4 is 83.9 Å². The third-order valence-corrected chi connectivity index (χ3v) is 23.8. The van der Waals surface area contributed by atoms with Crippen LogP contribution < -0.4 is 42.6 Å². The molecule has 666 valence electrons. The fraction of sp³-hybridized carbons (Fsp3) is 0.667. The minimum atomic E-state index is -2.20. The minimum absolute atomic E-state index is 0.0680. The lowest BCUT2D eigenvalue weighted by molar-refractivity contribution is 0.412. The Kier molecular flexibility index (Phi) is 42.0. The second-order valence-corrected chi connectivity index (χ2v) is 33.7. The van der Waals surface area contributed by atoms with E-state index in [0.29, 0.717) is 103 Å². The molecule has 0 amide bonds. The van der Waals surface area contributed by atoms with Gasteiger partial charge in [-0.15, -0.1) is 0 Å². The van der Waals surface area contributed by atoms with Crippen LogP contribution in [0.5, 0.6) is 0 Å². The van der Waals surface area contributed by atoms with E-state index in [-0.39, 0.29) is 22.9 Å². The van der Waals surface area contributed by atoms with Gasteiger partial charge in [0.05, 0.1) is 78.0 Å². The van der Waals surface area contributed by atoms with E-state index in [4.69, 9.17) is 24.9 Å². The number of hydrogen-bond acceptors (Lipinski definition) is 14. The molecule has 0 saturated heterocycles. The zero-order chi connectivity index (χ0) is 85.4. The summed E-state index contributed by atoms with van der Waals surface area (Å²) in [5.41, 5.74) is 6.74. The van der Waals surface area contributed by atoms with Gasteiger partial charge >= 0.3 is 0 Å². The molecule has 9 N–H and O–H groups in total. The molecular weight excluding hydrogens is 1530 g/mol. The maximum atomic E-state index is 17.7. The van der Waals surface area contributed by atoms with Crippen molar-refractivity contribution in [2.24, 2.45) is 0 Å². The molecule has 5 heterocycles. The summed E-state index contributed by atoms with van der Waals surface area (Å²) in [5, 5.41) is 27.1. The van der Waals surface area contributed by atoms with Crippen molar-refractivity contribution in [1.82, 2.24) is 39.6 Å². The van der Waals surface area contributed by atoms with Crippen molar-refractivity contribution < 1.29 is 35.1 Å². The van der Waals surface area contributed by atoms with Crippen LogP contribution in [-0.4, -0.2) is 91.9 Å². The molecule has 7 aromatic rings. The van der Waals surface area contributed by atoms with Gasteiger partial charge in [0.15, 0.2) is 81.1 Å². The predicted octanol–water partition coefficient (Wildman–Crippen LogP) is 29.8. The maximum absolute atomic E-state index is 17.7. The number of unbranched alkanes of at least 4 members (excludes halogenated alkanes) is 40. The Bertz CT molecular complexity index is 4470. The Hall–Kier alpha value is -7.92. The molecule has 0 atom stereocenters. The highest BCUT2D eigenvalue weighted by molar-refractivity contribution is 6.25. The van der Waals surface area contributed by atoms with Crippen LogP contribution in [0.1, 0.15) is 364 Å². The molecule has 24 heteroatoms. The largest absolute Gasteiger partial charge is 0.383 e. The fourth-order valence-electron chi connectivity index (χ4n) is 16.8. The summed E-state index contributed by atoms with van der Waals surface area (Å²) in [5.74, 6) is -17.7. The SMILES string of the molecule is CCCCCCCCNc1cc2c(c(NCCCCCCCC)c1NCCCCCCCC)-c1nc-2nc2[nH]c(nc3nc(nc4c5c(NCCCCCCCC)c(NCCCCCCCC)c(NCCCCCCCC)c(NCCCCCCCC)c5c(n1)n4NCCCCCCCC)-c1c(F)c(F)c(F)c(F)c1-3)c1c(F)c(F)c(F)c(F)c21. The number of aromatic nitrogens is 8. The van der Waals surface area contributed by atoms with Gasteiger partial charge in [0.25, 0.3) is 0 Å². The third-order valence-electron chi connectivity index (χ3n) is 23.8. The Morgan fingerprint density at radius 1 is 0.242 bits per heavy atom. The fourth-order valence-corrected chi connectivity index (χ4v) is 16.8. The van der Waals surface area contributed by atoms with Crippen LogP contribution in [0.15, 0.2) is 6.07 Å². The zero-order valence-electron chi connectivity index (χ0n) is 74.3. The normalized spacial score (nSPS) is 11.9. The van der Waals surface area contributed by atoms with Crippen molar-refractivity contribution in [2.45, 2.75) is 364 Å². The first-order valence-corrected chi connectivity index (χ1v) is 47.7. The average molecular weight is 1680 g/mol. The maximum Gasteiger partial charge on any atom is 0.198 e. The van der Waals surface area contributed by atoms with Gasteiger partial charge in [-0.25, -0.2) is 69.7 Å². The molecule has 0 aliphatic carbocycles. The molecule has 2 aliphatic heterocycles. The molecule has 2 aliphatic rings. The van der Waals surface area contributed by atoms with Crippen molar-refractivity contribution in [3.63, 3.8) is 0 Å². The van der Waals surface area contributed by atoms with E-state index in [2.05, 4.69) is 108 Å². The zero-order valence-corrected chi connectivity index (χ0v) is 74.3. The molecule has 8 bridgehead atoms. The van der Waals surface area contributed by atoms with E-state index in [9.17, 15) is 0 Å². The van der Waals surface area contributed by atoms with Gasteiger partial charge in [-0.2, -0.15) is 0 Å². The second-order valence-electron chi connectivity index (χ2n) is 33.7. The highest BCUT2D eigenvalue weighted by Gasteiger charge is 2.37. The summed E-state index contributed by atoms with van der Waals surface area (Å²) in [4.78, 5) is 34.2. The molecule has 16 nitrogen and oxygen atoms in total. The quantitative estimate of drug-likeness (QED) is 0.00756. The minimum Gasteiger partial charge on any atom is -0.383 e. The van der Waals surface area contributed by atoms with Crippen molar-refractivity contribution in [2.75, 3.05) is 95.0 Å². The number of rotatable bonds is 64. The molecule has 0 fully saturated rings. The lowest BCUT2D eigenvalue weighted by Crippen LogP contribution is -2.17. The lowest BCUT2D eigenvalue weighted by atomic mass is 10.0. The number of nitrogens with zero attached hydrogens (tertiary/aromatic N) is 7. The summed E-state index contributed by atoms with van der Waals surface area (Å²) in [6, 6.07) is 1.96. The van der Waals surface area contributed by atoms with Crippen molar-refractivity contribution in [3.8, 4) is 45.6 Å². The van der Waals surface area contributed by atoms with Gasteiger partial charge in [0.2, 0.25) is 0 Å². The van der Waals surface area contributed by atoms with Gasteiger partial charge in [0, 0.05) is 57.9 Å². The number of aromatic amines is 1. The molecule has 120 heavy (non-hydrogen) atoms. The summed E-state index contributed by atoms with van der Waals surface area (Å²) in [6.45, 7) is 21.9. The first kappa shape index (κ1) is 95.9. The smallest absolute Gasteiger partial charge is 0.198 e. The first-order chi connectivity index (χ1) is 58.7. The van der Waals surface area contributed by atoms with Gasteiger partial charge < -0.3 is 47.6 Å². The summed E-state index contributed by atoms with van der Waals surface area (Å²) in [6.07, 6.45) is 49.1. The molecular formula is C96H146F8N16. The monoisotopic (exact) mass is 1680 g/mol. The van der Waals surface area contributed by atoms with Gasteiger partial charge in [-0.05, 0) is 57.4 Å². The number of hydrogen-bond donors (Lipinski definition) is 9. The number of anilines is 7. The number of halogens is 8. The predicted molar refractivity (Wildman–Crippen MR) is 490 cm³/mol. The number of H-pyrrole nitrogens is 1. The van der Waals surface area contributed by atoms with Crippen LogP contribution >= 0.6 is 0 Å². The van der Waals surface area contributed by atoms with E-state index >= 15 is 35.1 Å². The van der Waals surface area contributed by atoms with Crippen LogP contribution in [0.4, 0.5) is 74.9 Å². The van der Waals surface area contributed by atoms with E-state index in [0.717, 1.165) is 319 Å². The summed E-state index contributed by atoms with van der Waals surface area (Å²) >= 11 is 0. The molecule has 0 unspecified atom stereocenters. The second kappa shape index (κ2) is 52.5. The topological polar surface area (TPSA) is 194 Å².